The van der Waals surface area contributed by atoms with Crippen LogP contribution in [-0.2, 0) is 14.8 Å². The monoisotopic (exact) mass is 457 g/mol. The van der Waals surface area contributed by atoms with Gasteiger partial charge in [-0.1, -0.05) is 23.2 Å². The first-order valence-electron chi connectivity index (χ1n) is 8.35. The van der Waals surface area contributed by atoms with E-state index in [0.29, 0.717) is 16.4 Å². The molecule has 2 N–H and O–H groups in total. The summed E-state index contributed by atoms with van der Waals surface area (Å²) in [5.74, 6) is -1.09. The van der Waals surface area contributed by atoms with E-state index < -0.39 is 22.5 Å². The van der Waals surface area contributed by atoms with Gasteiger partial charge in [0.25, 0.3) is 0 Å². The Bertz CT molecular complexity index is 1150. The van der Waals surface area contributed by atoms with Gasteiger partial charge in [0.1, 0.15) is 12.4 Å². The number of hydrogen-bond acceptors (Lipinski definition) is 6. The quantitative estimate of drug-likeness (QED) is 0.531. The van der Waals surface area contributed by atoms with Gasteiger partial charge in [0, 0.05) is 37.4 Å². The first kappa shape index (κ1) is 21.3. The molecular formula is C17H17Cl2N5O4S. The van der Waals surface area contributed by atoms with Crippen molar-refractivity contribution in [2.45, 2.75) is 0 Å². The number of benzene rings is 1. The molecule has 154 valence electrons. The lowest BCUT2D eigenvalue weighted by Crippen LogP contribution is -2.35. The van der Waals surface area contributed by atoms with Gasteiger partial charge in [-0.15, -0.1) is 0 Å². The zero-order valence-corrected chi connectivity index (χ0v) is 17.5. The highest BCUT2D eigenvalue weighted by molar-refractivity contribution is 7.89. The number of fused-ring (bicyclic) bond motifs is 1. The third-order valence-electron chi connectivity index (χ3n) is 4.15. The van der Waals surface area contributed by atoms with Gasteiger partial charge < -0.3 is 14.6 Å². The lowest BCUT2D eigenvalue weighted by Gasteiger charge is -2.20. The minimum Gasteiger partial charge on any atom is -0.480 e. The van der Waals surface area contributed by atoms with Crippen molar-refractivity contribution in [1.82, 2.24) is 19.3 Å². The van der Waals surface area contributed by atoms with Crippen LogP contribution in [0, 0.1) is 0 Å². The topological polar surface area (TPSA) is 117 Å². The van der Waals surface area contributed by atoms with E-state index in [9.17, 15) is 13.2 Å². The maximum atomic E-state index is 12.0. The van der Waals surface area contributed by atoms with Crippen molar-refractivity contribution in [2.75, 3.05) is 30.8 Å². The molecule has 2 aromatic heterocycles. The fourth-order valence-electron chi connectivity index (χ4n) is 2.63. The Kier molecular flexibility index (Phi) is 6.27. The van der Waals surface area contributed by atoms with Crippen LogP contribution in [-0.4, -0.2) is 59.9 Å². The molecule has 0 unspecified atom stereocenters. The van der Waals surface area contributed by atoms with Crippen molar-refractivity contribution in [3.63, 3.8) is 0 Å². The summed E-state index contributed by atoms with van der Waals surface area (Å²) in [5, 5.41) is 10.0. The number of carbonyl (C=O) groups is 1. The summed E-state index contributed by atoms with van der Waals surface area (Å²) in [5.41, 5.74) is 1.22. The molecule has 29 heavy (non-hydrogen) atoms. The minimum atomic E-state index is -3.75. The van der Waals surface area contributed by atoms with Crippen molar-refractivity contribution < 1.29 is 18.3 Å². The average Bonchev–Trinajstić information content (AvgIpc) is 3.21. The summed E-state index contributed by atoms with van der Waals surface area (Å²) >= 11 is 12.5. The molecule has 9 nitrogen and oxygen atoms in total. The lowest BCUT2D eigenvalue weighted by molar-refractivity contribution is -0.135. The molecule has 3 rings (SSSR count). The first-order valence-corrected chi connectivity index (χ1v) is 10.8. The predicted molar refractivity (Wildman–Crippen MR) is 112 cm³/mol. The van der Waals surface area contributed by atoms with Crippen LogP contribution < -0.4 is 9.62 Å². The Morgan fingerprint density at radius 3 is 2.76 bits per heavy atom. The number of nitrogens with one attached hydrogen (secondary N) is 1. The summed E-state index contributed by atoms with van der Waals surface area (Å²) in [6.45, 7) is -0.589. The number of hydrogen-bond donors (Lipinski definition) is 2. The Labute approximate surface area is 176 Å². The highest BCUT2D eigenvalue weighted by Crippen LogP contribution is 2.34. The molecule has 1 aromatic carbocycles. The number of aromatic nitrogens is 3. The molecule has 2 heterocycles. The zero-order valence-electron chi connectivity index (χ0n) is 15.2. The summed E-state index contributed by atoms with van der Waals surface area (Å²) < 4.78 is 27.7. The molecule has 0 fully saturated rings. The van der Waals surface area contributed by atoms with Gasteiger partial charge in [0.05, 0.1) is 33.3 Å². The number of halogens is 2. The van der Waals surface area contributed by atoms with Gasteiger partial charge in [-0.3, -0.25) is 4.79 Å². The van der Waals surface area contributed by atoms with E-state index in [1.165, 1.54) is 0 Å². The highest BCUT2D eigenvalue weighted by atomic mass is 35.5. The standard InChI is InChI=1S/C17H17Cl2N5O4S/c1-23(6-7-29(27,28)21-9-15(25)26)14-8-13(24-5-4-20-10-24)11-2-3-12(18)16(19)17(11)22-14/h2-5,8,10,21H,6-7,9H2,1H3,(H,25,26). The second-order valence-electron chi connectivity index (χ2n) is 6.18. The van der Waals surface area contributed by atoms with Crippen molar-refractivity contribution >= 4 is 55.9 Å². The molecule has 0 saturated carbocycles. The summed E-state index contributed by atoms with van der Waals surface area (Å²) in [4.78, 5) is 20.8. The van der Waals surface area contributed by atoms with Gasteiger partial charge in [0.15, 0.2) is 0 Å². The molecule has 0 spiro atoms. The number of pyridine rings is 1. The third kappa shape index (κ3) is 4.96. The summed E-state index contributed by atoms with van der Waals surface area (Å²) in [6, 6.07) is 5.26. The SMILES string of the molecule is CN(CCS(=O)(=O)NCC(=O)O)c1cc(-n2ccnc2)c2ccc(Cl)c(Cl)c2n1. The molecule has 0 radical (unpaired) electrons. The van der Waals surface area contributed by atoms with Crippen LogP contribution in [0.1, 0.15) is 0 Å². The second-order valence-corrected chi connectivity index (χ2v) is 8.89. The largest absolute Gasteiger partial charge is 0.480 e. The van der Waals surface area contributed by atoms with Gasteiger partial charge in [0.2, 0.25) is 10.0 Å². The Hall–Kier alpha value is -2.40. The van der Waals surface area contributed by atoms with Gasteiger partial charge in [-0.25, -0.2) is 23.1 Å². The zero-order chi connectivity index (χ0) is 21.2. The predicted octanol–water partition coefficient (Wildman–Crippen LogP) is 2.17. The number of nitrogens with zero attached hydrogens (tertiary/aromatic N) is 4. The third-order valence-corrected chi connectivity index (χ3v) is 6.25. The normalized spacial score (nSPS) is 11.7. The number of carboxylic acid groups (broad SMARTS) is 1. The van der Waals surface area contributed by atoms with Crippen LogP contribution in [0.5, 0.6) is 0 Å². The number of rotatable bonds is 8. The number of anilines is 1. The number of carboxylic acids is 1. The highest BCUT2D eigenvalue weighted by Gasteiger charge is 2.17. The Balaban J connectivity index is 1.95. The van der Waals surface area contributed by atoms with E-state index in [4.69, 9.17) is 28.3 Å². The minimum absolute atomic E-state index is 0.0784. The fourth-order valence-corrected chi connectivity index (χ4v) is 3.99. The van der Waals surface area contributed by atoms with Crippen LogP contribution in [0.25, 0.3) is 16.6 Å². The van der Waals surface area contributed by atoms with E-state index in [0.717, 1.165) is 11.1 Å². The fraction of sp³-hybridized carbons (Fsp3) is 0.235. The Morgan fingerprint density at radius 1 is 1.34 bits per heavy atom. The van der Waals surface area contributed by atoms with E-state index >= 15 is 0 Å². The Morgan fingerprint density at radius 2 is 2.10 bits per heavy atom. The average molecular weight is 458 g/mol. The number of sulfonamides is 1. The molecular weight excluding hydrogens is 441 g/mol. The van der Waals surface area contributed by atoms with Gasteiger partial charge in [-0.2, -0.15) is 0 Å². The smallest absolute Gasteiger partial charge is 0.318 e. The first-order chi connectivity index (χ1) is 13.7. The summed E-state index contributed by atoms with van der Waals surface area (Å²) in [7, 11) is -2.08. The van der Waals surface area contributed by atoms with Gasteiger partial charge >= 0.3 is 5.97 Å². The van der Waals surface area contributed by atoms with Crippen LogP contribution in [0.3, 0.4) is 0 Å². The van der Waals surface area contributed by atoms with Crippen LogP contribution in [0.4, 0.5) is 5.82 Å². The molecule has 0 atom stereocenters. The van der Waals surface area contributed by atoms with Crippen LogP contribution in [0.2, 0.25) is 10.0 Å². The molecule has 0 bridgehead atoms. The van der Waals surface area contributed by atoms with Crippen molar-refractivity contribution in [3.8, 4) is 5.69 Å². The molecule has 0 aliphatic heterocycles. The van der Waals surface area contributed by atoms with Crippen molar-refractivity contribution in [2.24, 2.45) is 0 Å². The van der Waals surface area contributed by atoms with Crippen LogP contribution >= 0.6 is 23.2 Å². The van der Waals surface area contributed by atoms with Crippen molar-refractivity contribution in [1.29, 1.82) is 0 Å². The van der Waals surface area contributed by atoms with E-state index in [2.05, 4.69) is 9.97 Å². The van der Waals surface area contributed by atoms with E-state index in [1.54, 1.807) is 53.4 Å². The van der Waals surface area contributed by atoms with E-state index in [-0.39, 0.29) is 17.3 Å². The van der Waals surface area contributed by atoms with Crippen molar-refractivity contribution in [3.05, 3.63) is 47.0 Å². The number of aliphatic carboxylic acids is 1. The maximum absolute atomic E-state index is 12.0. The molecule has 0 aliphatic rings. The second kappa shape index (κ2) is 8.54. The van der Waals surface area contributed by atoms with Crippen LogP contribution in [0.15, 0.2) is 36.9 Å². The maximum Gasteiger partial charge on any atom is 0.318 e. The van der Waals surface area contributed by atoms with Gasteiger partial charge in [-0.05, 0) is 12.1 Å². The molecule has 3 aromatic rings. The summed E-state index contributed by atoms with van der Waals surface area (Å²) in [6.07, 6.45) is 5.02. The lowest BCUT2D eigenvalue weighted by atomic mass is 10.1. The number of imidazole rings is 1. The molecule has 0 aliphatic carbocycles. The molecule has 0 saturated heterocycles. The molecule has 12 heteroatoms. The van der Waals surface area contributed by atoms with E-state index in [1.807, 2.05) is 4.72 Å². The molecule has 0 amide bonds.